The molecule has 0 atom stereocenters. The lowest BCUT2D eigenvalue weighted by Crippen LogP contribution is -2.24. The van der Waals surface area contributed by atoms with Crippen molar-refractivity contribution in [2.45, 2.75) is 11.3 Å². The van der Waals surface area contributed by atoms with E-state index >= 15 is 0 Å². The largest absolute Gasteiger partial charge is 0.485 e. The fraction of sp³-hybridized carbons (Fsp3) is 0.312. The van der Waals surface area contributed by atoms with Gasteiger partial charge in [-0.25, -0.2) is 21.6 Å². The van der Waals surface area contributed by atoms with E-state index < -0.39 is 19.9 Å². The summed E-state index contributed by atoms with van der Waals surface area (Å²) in [5, 5.41) is 0. The second kappa shape index (κ2) is 8.30. The van der Waals surface area contributed by atoms with Gasteiger partial charge in [-0.3, -0.25) is 4.79 Å². The van der Waals surface area contributed by atoms with E-state index in [2.05, 4.69) is 4.72 Å². The molecule has 0 aliphatic rings. The minimum absolute atomic E-state index is 0.124. The lowest BCUT2D eigenvalue weighted by Gasteiger charge is -2.06. The molecule has 1 heterocycles. The molecule has 0 saturated carbocycles. The minimum atomic E-state index is -3.34. The number of hydrogen-bond acceptors (Lipinski definition) is 7. The van der Waals surface area contributed by atoms with E-state index in [0.29, 0.717) is 17.0 Å². The monoisotopic (exact) mass is 417 g/mol. The van der Waals surface area contributed by atoms with E-state index in [1.54, 1.807) is 24.3 Å². The first kappa shape index (κ1) is 20.6. The molecule has 7 nitrogen and oxygen atoms in total. The highest BCUT2D eigenvalue weighted by Gasteiger charge is 2.12. The zero-order valence-electron chi connectivity index (χ0n) is 14.3. The predicted octanol–water partition coefficient (Wildman–Crippen LogP) is 1.50. The van der Waals surface area contributed by atoms with Gasteiger partial charge in [-0.1, -0.05) is 6.07 Å². The van der Waals surface area contributed by atoms with Crippen LogP contribution in [0.2, 0.25) is 0 Å². The Morgan fingerprint density at radius 2 is 1.85 bits per heavy atom. The smallest absolute Gasteiger partial charge is 0.210 e. The Bertz CT molecular complexity index is 992. The highest BCUT2D eigenvalue weighted by atomic mass is 32.2. The van der Waals surface area contributed by atoms with E-state index in [0.717, 1.165) is 17.4 Å². The number of ketones is 1. The van der Waals surface area contributed by atoms with Gasteiger partial charge in [-0.05, 0) is 36.8 Å². The van der Waals surface area contributed by atoms with Crippen molar-refractivity contribution >= 4 is 37.0 Å². The van der Waals surface area contributed by atoms with Gasteiger partial charge >= 0.3 is 0 Å². The third kappa shape index (κ3) is 6.52. The van der Waals surface area contributed by atoms with Crippen LogP contribution >= 0.6 is 11.3 Å². The molecule has 0 radical (unpaired) electrons. The maximum atomic E-state index is 12.2. The van der Waals surface area contributed by atoms with Crippen molar-refractivity contribution in [1.82, 2.24) is 4.72 Å². The molecule has 142 valence electrons. The van der Waals surface area contributed by atoms with Crippen molar-refractivity contribution in [3.8, 4) is 5.75 Å². The Morgan fingerprint density at radius 3 is 2.50 bits per heavy atom. The summed E-state index contributed by atoms with van der Waals surface area (Å²) < 4.78 is 52.9. The van der Waals surface area contributed by atoms with Crippen LogP contribution in [0.5, 0.6) is 5.75 Å². The summed E-state index contributed by atoms with van der Waals surface area (Å²) >= 11 is 1.27. The minimum Gasteiger partial charge on any atom is -0.485 e. The van der Waals surface area contributed by atoms with Gasteiger partial charge in [0.25, 0.3) is 0 Å². The van der Waals surface area contributed by atoms with Crippen LogP contribution in [-0.2, 0) is 26.3 Å². The number of ether oxygens (including phenoxy) is 1. The van der Waals surface area contributed by atoms with Gasteiger partial charge in [-0.15, -0.1) is 11.3 Å². The number of nitrogens with one attached hydrogen (secondary N) is 1. The molecule has 0 saturated heterocycles. The normalized spacial score (nSPS) is 12.1. The molecule has 0 aliphatic heterocycles. The van der Waals surface area contributed by atoms with Crippen molar-refractivity contribution in [3.63, 3.8) is 0 Å². The number of carbonyl (C=O) groups excluding carboxylic acids is 1. The molecule has 1 aromatic heterocycles. The molecule has 0 fully saturated rings. The first-order valence-corrected chi connectivity index (χ1v) is 12.1. The molecule has 2 rings (SSSR count). The Balaban J connectivity index is 1.93. The molecule has 1 N–H and O–H groups in total. The van der Waals surface area contributed by atoms with Gasteiger partial charge in [0.1, 0.15) is 5.75 Å². The summed E-state index contributed by atoms with van der Waals surface area (Å²) in [5.74, 6) is 0.0671. The summed E-state index contributed by atoms with van der Waals surface area (Å²) in [6.07, 6.45) is 2.68. The average molecular weight is 418 g/mol. The molecule has 2 aromatic rings. The van der Waals surface area contributed by atoms with E-state index in [4.69, 9.17) is 4.74 Å². The molecular weight excluding hydrogens is 398 g/mol. The third-order valence-electron chi connectivity index (χ3n) is 3.28. The average Bonchev–Trinajstić information content (AvgIpc) is 3.00. The standard InChI is InChI=1S/C16H19NO6S3/c1-25(19,20)14-5-3-4-12(10-14)23-11-15(18)16-7-6-13(24-16)8-9-17-26(2,21)22/h3-7,10,17H,8-9,11H2,1-2H3. The molecular formula is C16H19NO6S3. The summed E-state index contributed by atoms with van der Waals surface area (Å²) in [5.41, 5.74) is 0. The summed E-state index contributed by atoms with van der Waals surface area (Å²) in [7, 11) is -6.58. The number of hydrogen-bond donors (Lipinski definition) is 1. The van der Waals surface area contributed by atoms with Crippen LogP contribution in [0.25, 0.3) is 0 Å². The highest BCUT2D eigenvalue weighted by molar-refractivity contribution is 7.90. The quantitative estimate of drug-likeness (QED) is 0.620. The summed E-state index contributed by atoms with van der Waals surface area (Å²) in [6.45, 7) is 0.0521. The van der Waals surface area contributed by atoms with Crippen LogP contribution in [0.4, 0.5) is 0 Å². The van der Waals surface area contributed by atoms with Crippen LogP contribution in [-0.4, -0.2) is 48.3 Å². The van der Waals surface area contributed by atoms with Gasteiger partial charge in [0, 0.05) is 17.7 Å². The van der Waals surface area contributed by atoms with Crippen molar-refractivity contribution in [1.29, 1.82) is 0 Å². The number of Topliss-reactive ketones (excluding diaryl/α,β-unsaturated/α-hetero) is 1. The first-order chi connectivity index (χ1) is 12.0. The number of benzene rings is 1. The molecule has 0 aliphatic carbocycles. The molecule has 0 spiro atoms. The Hall–Kier alpha value is -1.75. The van der Waals surface area contributed by atoms with Crippen LogP contribution in [0, 0.1) is 0 Å². The predicted molar refractivity (Wildman–Crippen MR) is 100 cm³/mol. The lowest BCUT2D eigenvalue weighted by molar-refractivity contribution is 0.0925. The van der Waals surface area contributed by atoms with Crippen LogP contribution in [0.1, 0.15) is 14.5 Å². The zero-order valence-corrected chi connectivity index (χ0v) is 16.7. The number of sulfonamides is 1. The topological polar surface area (TPSA) is 107 Å². The van der Waals surface area contributed by atoms with E-state index in [-0.39, 0.29) is 23.8 Å². The van der Waals surface area contributed by atoms with Crippen molar-refractivity contribution in [3.05, 3.63) is 46.2 Å². The Labute approximate surface area is 157 Å². The van der Waals surface area contributed by atoms with Crippen LogP contribution in [0.3, 0.4) is 0 Å². The van der Waals surface area contributed by atoms with E-state index in [9.17, 15) is 21.6 Å². The van der Waals surface area contributed by atoms with Gasteiger partial charge in [0.2, 0.25) is 15.8 Å². The number of carbonyl (C=O) groups is 1. The van der Waals surface area contributed by atoms with Crippen LogP contribution < -0.4 is 9.46 Å². The molecule has 26 heavy (non-hydrogen) atoms. The van der Waals surface area contributed by atoms with Crippen molar-refractivity contribution in [2.24, 2.45) is 0 Å². The maximum Gasteiger partial charge on any atom is 0.210 e. The molecule has 1 aromatic carbocycles. The maximum absolute atomic E-state index is 12.2. The van der Waals surface area contributed by atoms with Crippen molar-refractivity contribution < 1.29 is 26.4 Å². The molecule has 0 amide bonds. The Kier molecular flexibility index (Phi) is 6.56. The second-order valence-corrected chi connectivity index (χ2v) is 10.7. The highest BCUT2D eigenvalue weighted by Crippen LogP contribution is 2.20. The van der Waals surface area contributed by atoms with Crippen LogP contribution in [0.15, 0.2) is 41.3 Å². The second-order valence-electron chi connectivity index (χ2n) is 5.64. The first-order valence-electron chi connectivity index (χ1n) is 7.54. The molecule has 10 heteroatoms. The number of rotatable bonds is 9. The molecule has 0 bridgehead atoms. The number of thiophene rings is 1. The zero-order chi connectivity index (χ0) is 19.4. The fourth-order valence-electron chi connectivity index (χ4n) is 2.04. The van der Waals surface area contributed by atoms with Gasteiger partial charge in [0.15, 0.2) is 16.4 Å². The van der Waals surface area contributed by atoms with E-state index in [1.165, 1.54) is 23.5 Å². The summed E-state index contributed by atoms with van der Waals surface area (Å²) in [6, 6.07) is 9.40. The fourth-order valence-corrected chi connectivity index (χ4v) is 4.10. The number of sulfone groups is 1. The Morgan fingerprint density at radius 1 is 1.12 bits per heavy atom. The van der Waals surface area contributed by atoms with Gasteiger partial charge < -0.3 is 4.74 Å². The van der Waals surface area contributed by atoms with E-state index in [1.807, 2.05) is 0 Å². The van der Waals surface area contributed by atoms with Crippen molar-refractivity contribution in [2.75, 3.05) is 25.7 Å². The SMILES string of the molecule is CS(=O)(=O)NCCc1ccc(C(=O)COc2cccc(S(C)(=O)=O)c2)s1. The third-order valence-corrected chi connectivity index (χ3v) is 6.30. The lowest BCUT2D eigenvalue weighted by atomic mass is 10.3. The summed E-state index contributed by atoms with van der Waals surface area (Å²) in [4.78, 5) is 13.7. The van der Waals surface area contributed by atoms with Gasteiger partial charge in [0.05, 0.1) is 16.0 Å². The molecule has 0 unspecified atom stereocenters. The van der Waals surface area contributed by atoms with Gasteiger partial charge in [-0.2, -0.15) is 0 Å².